The van der Waals surface area contributed by atoms with Crippen LogP contribution in [0.3, 0.4) is 0 Å². The summed E-state index contributed by atoms with van der Waals surface area (Å²) < 4.78 is 12.8. The fourth-order valence-electron chi connectivity index (χ4n) is 1.74. The Bertz CT molecular complexity index is 300. The van der Waals surface area contributed by atoms with Crippen molar-refractivity contribution in [2.45, 2.75) is 19.0 Å². The molecule has 1 heterocycles. The summed E-state index contributed by atoms with van der Waals surface area (Å²) in [6, 6.07) is 7.28. The molecule has 0 bridgehead atoms. The quantitative estimate of drug-likeness (QED) is 0.826. The minimum absolute atomic E-state index is 0. The van der Waals surface area contributed by atoms with Crippen molar-refractivity contribution >= 4 is 12.4 Å². The van der Waals surface area contributed by atoms with Gasteiger partial charge in [-0.25, -0.2) is 4.39 Å². The molecule has 0 amide bonds. The molecule has 1 atom stereocenters. The Hall–Kier alpha value is -0.640. The number of halogens is 2. The van der Waals surface area contributed by atoms with Crippen molar-refractivity contribution in [2.24, 2.45) is 0 Å². The first kappa shape index (κ1) is 12.4. The van der Waals surface area contributed by atoms with Crippen LogP contribution >= 0.6 is 12.4 Å². The Morgan fingerprint density at radius 2 is 2.33 bits per heavy atom. The first-order valence-corrected chi connectivity index (χ1v) is 5.03. The molecule has 4 heteroatoms. The first-order valence-electron chi connectivity index (χ1n) is 5.03. The smallest absolute Gasteiger partial charge is 0.123 e. The Morgan fingerprint density at radius 1 is 1.47 bits per heavy atom. The molecule has 2 nitrogen and oxygen atoms in total. The highest BCUT2D eigenvalue weighted by molar-refractivity contribution is 5.85. The minimum atomic E-state index is -0.158. The minimum Gasteiger partial charge on any atom is -0.315 e. The summed E-state index contributed by atoms with van der Waals surface area (Å²) in [7, 11) is 0. The fraction of sp³-hybridized carbons (Fsp3) is 0.455. The van der Waals surface area contributed by atoms with Gasteiger partial charge in [-0.1, -0.05) is 12.1 Å². The summed E-state index contributed by atoms with van der Waals surface area (Å²) in [5.74, 6) is -0.158. The lowest BCUT2D eigenvalue weighted by Gasteiger charge is -2.10. The van der Waals surface area contributed by atoms with Crippen molar-refractivity contribution in [1.29, 1.82) is 0 Å². The lowest BCUT2D eigenvalue weighted by molar-refractivity contribution is 0.544. The molecule has 0 aromatic heterocycles. The largest absolute Gasteiger partial charge is 0.315 e. The topological polar surface area (TPSA) is 24.1 Å². The zero-order valence-corrected chi connectivity index (χ0v) is 9.32. The maximum absolute atomic E-state index is 12.8. The van der Waals surface area contributed by atoms with Gasteiger partial charge < -0.3 is 10.6 Å². The van der Waals surface area contributed by atoms with E-state index in [9.17, 15) is 4.39 Å². The monoisotopic (exact) mass is 230 g/mol. The maximum Gasteiger partial charge on any atom is 0.123 e. The molecule has 1 fully saturated rings. The van der Waals surface area contributed by atoms with Crippen molar-refractivity contribution in [2.75, 3.05) is 13.1 Å². The normalized spacial score (nSPS) is 19.9. The van der Waals surface area contributed by atoms with Gasteiger partial charge in [-0.15, -0.1) is 12.4 Å². The molecule has 0 radical (unpaired) electrons. The van der Waals surface area contributed by atoms with Crippen LogP contribution < -0.4 is 10.6 Å². The molecule has 84 valence electrons. The number of nitrogens with one attached hydrogen (secondary N) is 2. The highest BCUT2D eigenvalue weighted by Crippen LogP contribution is 2.04. The average Bonchev–Trinajstić information content (AvgIpc) is 2.67. The van der Waals surface area contributed by atoms with E-state index < -0.39 is 0 Å². The van der Waals surface area contributed by atoms with E-state index in [0.29, 0.717) is 6.04 Å². The molecular formula is C11H16ClFN2. The molecule has 2 N–H and O–H groups in total. The van der Waals surface area contributed by atoms with E-state index in [-0.39, 0.29) is 18.2 Å². The van der Waals surface area contributed by atoms with E-state index in [1.165, 1.54) is 6.07 Å². The van der Waals surface area contributed by atoms with Gasteiger partial charge in [-0.2, -0.15) is 0 Å². The predicted octanol–water partition coefficient (Wildman–Crippen LogP) is 1.70. The van der Waals surface area contributed by atoms with E-state index >= 15 is 0 Å². The summed E-state index contributed by atoms with van der Waals surface area (Å²) in [5.41, 5.74) is 1.01. The van der Waals surface area contributed by atoms with Crippen LogP contribution in [0.25, 0.3) is 0 Å². The maximum atomic E-state index is 12.8. The van der Waals surface area contributed by atoms with Crippen molar-refractivity contribution in [1.82, 2.24) is 10.6 Å². The SMILES string of the molecule is Cl.Fc1cccc(CN[C@H]2CCNC2)c1. The molecule has 1 aromatic rings. The lowest BCUT2D eigenvalue weighted by atomic mass is 10.2. The van der Waals surface area contributed by atoms with Gasteiger partial charge >= 0.3 is 0 Å². The number of hydrogen-bond donors (Lipinski definition) is 2. The van der Waals surface area contributed by atoms with Crippen molar-refractivity contribution in [3.63, 3.8) is 0 Å². The van der Waals surface area contributed by atoms with Gasteiger partial charge in [0.2, 0.25) is 0 Å². The van der Waals surface area contributed by atoms with Gasteiger partial charge in [0.1, 0.15) is 5.82 Å². The van der Waals surface area contributed by atoms with Gasteiger partial charge in [-0.3, -0.25) is 0 Å². The highest BCUT2D eigenvalue weighted by Gasteiger charge is 2.12. The van der Waals surface area contributed by atoms with E-state index in [4.69, 9.17) is 0 Å². The van der Waals surface area contributed by atoms with E-state index in [2.05, 4.69) is 10.6 Å². The third kappa shape index (κ3) is 3.78. The highest BCUT2D eigenvalue weighted by atomic mass is 35.5. The third-order valence-electron chi connectivity index (χ3n) is 2.54. The molecule has 2 rings (SSSR count). The van der Waals surface area contributed by atoms with Crippen LogP contribution in [0.4, 0.5) is 4.39 Å². The van der Waals surface area contributed by atoms with Crippen LogP contribution in [0, 0.1) is 5.82 Å². The summed E-state index contributed by atoms with van der Waals surface area (Å²) in [6.07, 6.45) is 1.16. The number of benzene rings is 1. The van der Waals surface area contributed by atoms with Crippen LogP contribution in [0.5, 0.6) is 0 Å². The van der Waals surface area contributed by atoms with E-state index in [1.54, 1.807) is 12.1 Å². The van der Waals surface area contributed by atoms with Crippen molar-refractivity contribution < 1.29 is 4.39 Å². The molecule has 0 spiro atoms. The fourth-order valence-corrected chi connectivity index (χ4v) is 1.74. The zero-order chi connectivity index (χ0) is 9.80. The zero-order valence-electron chi connectivity index (χ0n) is 8.50. The third-order valence-corrected chi connectivity index (χ3v) is 2.54. The van der Waals surface area contributed by atoms with E-state index in [0.717, 1.165) is 31.6 Å². The predicted molar refractivity (Wildman–Crippen MR) is 61.8 cm³/mol. The van der Waals surface area contributed by atoms with Crippen LogP contribution in [0.2, 0.25) is 0 Å². The molecule has 1 aliphatic heterocycles. The molecule has 1 aromatic carbocycles. The van der Waals surface area contributed by atoms with Crippen LogP contribution in [0.15, 0.2) is 24.3 Å². The molecule has 1 aliphatic rings. The first-order chi connectivity index (χ1) is 6.84. The van der Waals surface area contributed by atoms with Crippen LogP contribution in [-0.2, 0) is 6.54 Å². The Kier molecular flexibility index (Phi) is 5.02. The van der Waals surface area contributed by atoms with Gasteiger partial charge in [0.15, 0.2) is 0 Å². The lowest BCUT2D eigenvalue weighted by Crippen LogP contribution is -2.30. The summed E-state index contributed by atoms with van der Waals surface area (Å²) in [5, 5.41) is 6.68. The Balaban J connectivity index is 0.00000112. The second-order valence-electron chi connectivity index (χ2n) is 3.70. The second kappa shape index (κ2) is 6.05. The van der Waals surface area contributed by atoms with Crippen LogP contribution in [-0.4, -0.2) is 19.1 Å². The molecular weight excluding hydrogens is 215 g/mol. The molecule has 0 unspecified atom stereocenters. The van der Waals surface area contributed by atoms with Gasteiger partial charge in [0.05, 0.1) is 0 Å². The van der Waals surface area contributed by atoms with Crippen molar-refractivity contribution in [3.8, 4) is 0 Å². The summed E-state index contributed by atoms with van der Waals surface area (Å²) >= 11 is 0. The molecule has 1 saturated heterocycles. The number of rotatable bonds is 3. The summed E-state index contributed by atoms with van der Waals surface area (Å²) in [4.78, 5) is 0. The Labute approximate surface area is 95.7 Å². The Morgan fingerprint density at radius 3 is 3.00 bits per heavy atom. The number of hydrogen-bond acceptors (Lipinski definition) is 2. The molecule has 0 aliphatic carbocycles. The molecule has 0 saturated carbocycles. The van der Waals surface area contributed by atoms with Crippen molar-refractivity contribution in [3.05, 3.63) is 35.6 Å². The van der Waals surface area contributed by atoms with Gasteiger partial charge in [-0.05, 0) is 30.7 Å². The van der Waals surface area contributed by atoms with Crippen LogP contribution in [0.1, 0.15) is 12.0 Å². The summed E-state index contributed by atoms with van der Waals surface area (Å²) in [6.45, 7) is 2.86. The molecule has 15 heavy (non-hydrogen) atoms. The van der Waals surface area contributed by atoms with Gasteiger partial charge in [0, 0.05) is 19.1 Å². The standard InChI is InChI=1S/C11H15FN2.ClH/c12-10-3-1-2-9(6-10)7-14-11-4-5-13-8-11;/h1-3,6,11,13-14H,4-5,7-8H2;1H/t11-;/m0./s1. The average molecular weight is 231 g/mol. The van der Waals surface area contributed by atoms with Gasteiger partial charge in [0.25, 0.3) is 0 Å². The second-order valence-corrected chi connectivity index (χ2v) is 3.70. The van der Waals surface area contributed by atoms with E-state index in [1.807, 2.05) is 6.07 Å².